The molecule has 3 aromatic rings. The van der Waals surface area contributed by atoms with Crippen molar-refractivity contribution >= 4 is 34.3 Å². The average Bonchev–Trinajstić information content (AvgIpc) is 3.10. The van der Waals surface area contributed by atoms with Crippen molar-refractivity contribution in [2.24, 2.45) is 5.92 Å². The maximum atomic E-state index is 12.2. The molecule has 7 nitrogen and oxygen atoms in total. The van der Waals surface area contributed by atoms with Gasteiger partial charge in [0.2, 0.25) is 5.91 Å². The van der Waals surface area contributed by atoms with Gasteiger partial charge in [0, 0.05) is 22.6 Å². The Hall–Kier alpha value is -3.48. The van der Waals surface area contributed by atoms with Crippen molar-refractivity contribution < 1.29 is 19.1 Å². The topological polar surface area (TPSA) is 101 Å². The van der Waals surface area contributed by atoms with Gasteiger partial charge < -0.3 is 10.1 Å². The molecule has 2 N–H and O–H groups in total. The van der Waals surface area contributed by atoms with E-state index in [1.165, 1.54) is 0 Å². The molecule has 1 heterocycles. The molecular formula is C20H19N3O4. The Morgan fingerprint density at radius 3 is 2.48 bits per heavy atom. The molecule has 1 aromatic heterocycles. The number of nitrogens with zero attached hydrogens (tertiary/aromatic N) is 1. The minimum absolute atomic E-state index is 0.103. The monoisotopic (exact) mass is 365 g/mol. The van der Waals surface area contributed by atoms with E-state index in [1.54, 1.807) is 56.3 Å². The van der Waals surface area contributed by atoms with Crippen molar-refractivity contribution in [3.63, 3.8) is 0 Å². The zero-order valence-corrected chi connectivity index (χ0v) is 15.0. The number of ether oxygens (including phenoxy) is 1. The van der Waals surface area contributed by atoms with Crippen LogP contribution in [0.2, 0.25) is 0 Å². The van der Waals surface area contributed by atoms with Crippen molar-refractivity contribution in [1.82, 2.24) is 10.2 Å². The molecule has 0 aliphatic rings. The van der Waals surface area contributed by atoms with E-state index in [0.717, 1.165) is 5.52 Å². The number of carbonyl (C=O) groups is 3. The molecule has 7 heteroatoms. The first kappa shape index (κ1) is 18.3. The number of Topliss-reactive ketones (excluding diaryl/α,β-unsaturated/α-hetero) is 1. The molecule has 0 radical (unpaired) electrons. The lowest BCUT2D eigenvalue weighted by Gasteiger charge is -2.08. The Labute approximate surface area is 155 Å². The summed E-state index contributed by atoms with van der Waals surface area (Å²) in [7, 11) is 0. The Bertz CT molecular complexity index is 990. The molecule has 0 unspecified atom stereocenters. The molecule has 0 fully saturated rings. The third-order valence-electron chi connectivity index (χ3n) is 4.00. The fraction of sp³-hybridized carbons (Fsp3) is 0.200. The Morgan fingerprint density at radius 1 is 1.07 bits per heavy atom. The number of carbonyl (C=O) groups excluding carboxylic acids is 3. The molecule has 0 spiro atoms. The van der Waals surface area contributed by atoms with Crippen LogP contribution < -0.4 is 5.32 Å². The van der Waals surface area contributed by atoms with Crippen LogP contribution in [-0.2, 0) is 9.53 Å². The second kappa shape index (κ2) is 7.82. The average molecular weight is 365 g/mol. The minimum Gasteiger partial charge on any atom is -0.452 e. The van der Waals surface area contributed by atoms with E-state index in [-0.39, 0.29) is 23.3 Å². The first-order chi connectivity index (χ1) is 13.0. The lowest BCUT2D eigenvalue weighted by molar-refractivity contribution is -0.118. The number of benzene rings is 2. The van der Waals surface area contributed by atoms with Gasteiger partial charge in [0.25, 0.3) is 0 Å². The van der Waals surface area contributed by atoms with E-state index in [9.17, 15) is 14.4 Å². The fourth-order valence-electron chi connectivity index (χ4n) is 2.43. The van der Waals surface area contributed by atoms with Crippen molar-refractivity contribution in [3.8, 4) is 0 Å². The molecule has 1 amide bonds. The number of hydrogen-bond acceptors (Lipinski definition) is 5. The summed E-state index contributed by atoms with van der Waals surface area (Å²) in [6, 6.07) is 13.6. The van der Waals surface area contributed by atoms with Gasteiger partial charge in [0.05, 0.1) is 5.52 Å². The number of ketones is 1. The summed E-state index contributed by atoms with van der Waals surface area (Å²) in [6.07, 6.45) is 0. The third-order valence-corrected chi connectivity index (χ3v) is 4.00. The molecule has 27 heavy (non-hydrogen) atoms. The zero-order chi connectivity index (χ0) is 19.4. The highest BCUT2D eigenvalue weighted by Gasteiger charge is 2.17. The van der Waals surface area contributed by atoms with Crippen LogP contribution >= 0.6 is 0 Å². The van der Waals surface area contributed by atoms with Crippen LogP contribution in [0, 0.1) is 5.92 Å². The molecule has 138 valence electrons. The first-order valence-corrected chi connectivity index (χ1v) is 8.50. The van der Waals surface area contributed by atoms with Crippen molar-refractivity contribution in [2.45, 2.75) is 13.8 Å². The molecule has 0 bridgehead atoms. The van der Waals surface area contributed by atoms with E-state index in [4.69, 9.17) is 4.74 Å². The number of nitrogens with one attached hydrogen (secondary N) is 2. The smallest absolute Gasteiger partial charge is 0.359 e. The van der Waals surface area contributed by atoms with Gasteiger partial charge in [-0.25, -0.2) is 4.79 Å². The standard InChI is InChI=1S/C20H19N3O4/c1-12(2)19(25)21-14-9-7-13(8-10-14)17(24)11-27-20(26)18-15-5-3-4-6-16(15)22-23-18/h3-10,12H,11H2,1-2H3,(H,21,25)(H,22,23). The van der Waals surface area contributed by atoms with E-state index in [0.29, 0.717) is 16.6 Å². The number of esters is 1. The number of hydrogen-bond donors (Lipinski definition) is 2. The van der Waals surface area contributed by atoms with Gasteiger partial charge in [-0.2, -0.15) is 5.10 Å². The van der Waals surface area contributed by atoms with Gasteiger partial charge in [-0.1, -0.05) is 32.0 Å². The first-order valence-electron chi connectivity index (χ1n) is 8.50. The fourth-order valence-corrected chi connectivity index (χ4v) is 2.43. The molecular weight excluding hydrogens is 346 g/mol. The summed E-state index contributed by atoms with van der Waals surface area (Å²) in [4.78, 5) is 36.1. The second-order valence-electron chi connectivity index (χ2n) is 6.34. The van der Waals surface area contributed by atoms with Crippen molar-refractivity contribution in [3.05, 3.63) is 59.8 Å². The minimum atomic E-state index is -0.665. The van der Waals surface area contributed by atoms with Gasteiger partial charge in [0.15, 0.2) is 18.1 Å². The maximum absolute atomic E-state index is 12.2. The molecule has 3 rings (SSSR count). The highest BCUT2D eigenvalue weighted by Crippen LogP contribution is 2.16. The second-order valence-corrected chi connectivity index (χ2v) is 6.34. The highest BCUT2D eigenvalue weighted by molar-refractivity contribution is 6.04. The maximum Gasteiger partial charge on any atom is 0.359 e. The van der Waals surface area contributed by atoms with Crippen LogP contribution in [-0.4, -0.2) is 34.5 Å². The normalized spacial score (nSPS) is 10.8. The Kier molecular flexibility index (Phi) is 5.30. The number of aromatic nitrogens is 2. The van der Waals surface area contributed by atoms with Crippen LogP contribution in [0.1, 0.15) is 34.7 Å². The van der Waals surface area contributed by atoms with E-state index < -0.39 is 12.6 Å². The predicted octanol–water partition coefficient (Wildman–Crippen LogP) is 3.20. The molecule has 0 aliphatic carbocycles. The Morgan fingerprint density at radius 2 is 1.78 bits per heavy atom. The van der Waals surface area contributed by atoms with Crippen molar-refractivity contribution in [1.29, 1.82) is 0 Å². The van der Waals surface area contributed by atoms with Gasteiger partial charge >= 0.3 is 5.97 Å². The van der Waals surface area contributed by atoms with Gasteiger partial charge in [-0.05, 0) is 30.3 Å². The van der Waals surface area contributed by atoms with Crippen molar-refractivity contribution in [2.75, 3.05) is 11.9 Å². The SMILES string of the molecule is CC(C)C(=O)Nc1ccc(C(=O)COC(=O)c2n[nH]c3ccccc23)cc1. The third kappa shape index (κ3) is 4.20. The number of anilines is 1. The van der Waals surface area contributed by atoms with Crippen LogP contribution in [0.4, 0.5) is 5.69 Å². The summed E-state index contributed by atoms with van der Waals surface area (Å²) in [5, 5.41) is 10.1. The number of H-pyrrole nitrogens is 1. The summed E-state index contributed by atoms with van der Waals surface area (Å²) in [6.45, 7) is 3.20. The van der Waals surface area contributed by atoms with Crippen LogP contribution in [0.25, 0.3) is 10.9 Å². The summed E-state index contributed by atoms with van der Waals surface area (Å²) in [5.41, 5.74) is 1.85. The number of amides is 1. The summed E-state index contributed by atoms with van der Waals surface area (Å²) in [5.74, 6) is -1.25. The molecule has 0 aliphatic heterocycles. The van der Waals surface area contributed by atoms with Gasteiger partial charge in [-0.3, -0.25) is 14.7 Å². The van der Waals surface area contributed by atoms with Gasteiger partial charge in [-0.15, -0.1) is 0 Å². The highest BCUT2D eigenvalue weighted by atomic mass is 16.5. The zero-order valence-electron chi connectivity index (χ0n) is 15.0. The summed E-state index contributed by atoms with van der Waals surface area (Å²) >= 11 is 0. The Balaban J connectivity index is 1.60. The van der Waals surface area contributed by atoms with E-state index in [1.807, 2.05) is 6.07 Å². The molecule has 0 saturated heterocycles. The number of rotatable bonds is 6. The quantitative estimate of drug-likeness (QED) is 0.516. The number of aromatic amines is 1. The van der Waals surface area contributed by atoms with Gasteiger partial charge in [0.1, 0.15) is 0 Å². The lowest BCUT2D eigenvalue weighted by Crippen LogP contribution is -2.18. The lowest BCUT2D eigenvalue weighted by atomic mass is 10.1. The summed E-state index contributed by atoms with van der Waals surface area (Å²) < 4.78 is 5.10. The molecule has 2 aromatic carbocycles. The number of para-hydroxylation sites is 1. The van der Waals surface area contributed by atoms with Crippen LogP contribution in [0.5, 0.6) is 0 Å². The van der Waals surface area contributed by atoms with Crippen LogP contribution in [0.3, 0.4) is 0 Å². The van der Waals surface area contributed by atoms with E-state index in [2.05, 4.69) is 15.5 Å². The molecule has 0 saturated carbocycles. The molecule has 0 atom stereocenters. The predicted molar refractivity (Wildman–Crippen MR) is 101 cm³/mol. The van der Waals surface area contributed by atoms with Crippen LogP contribution in [0.15, 0.2) is 48.5 Å². The van der Waals surface area contributed by atoms with E-state index >= 15 is 0 Å². The number of fused-ring (bicyclic) bond motifs is 1. The largest absolute Gasteiger partial charge is 0.452 e.